The highest BCUT2D eigenvalue weighted by molar-refractivity contribution is 5.83. The van der Waals surface area contributed by atoms with Crippen LogP contribution in [-0.2, 0) is 0 Å². The van der Waals surface area contributed by atoms with E-state index in [0.29, 0.717) is 47.1 Å². The predicted molar refractivity (Wildman–Crippen MR) is 287 cm³/mol. The van der Waals surface area contributed by atoms with Gasteiger partial charge in [0.05, 0.1) is 5.69 Å². The van der Waals surface area contributed by atoms with Gasteiger partial charge in [0.2, 0.25) is 0 Å². The first-order valence-electron chi connectivity index (χ1n) is 25.6. The molecule has 0 fully saturated rings. The van der Waals surface area contributed by atoms with Gasteiger partial charge in [-0.05, 0) is 180 Å². The maximum Gasteiger partial charge on any atom is 0.144 e. The van der Waals surface area contributed by atoms with Crippen LogP contribution in [-0.4, -0.2) is 34.9 Å². The summed E-state index contributed by atoms with van der Waals surface area (Å²) in [7, 11) is 0. The lowest BCUT2D eigenvalue weighted by Crippen LogP contribution is -2.21. The number of anilines is 9. The van der Waals surface area contributed by atoms with Crippen molar-refractivity contribution in [2.45, 2.75) is 157 Å². The molecule has 7 rings (SSSR count). The zero-order chi connectivity index (χ0) is 49.2. The highest BCUT2D eigenvalue weighted by Crippen LogP contribution is 2.44. The molecule has 6 unspecified atom stereocenters. The van der Waals surface area contributed by atoms with Crippen molar-refractivity contribution in [1.82, 2.24) is 34.9 Å². The Morgan fingerprint density at radius 2 is 0.493 bits per heavy atom. The summed E-state index contributed by atoms with van der Waals surface area (Å²) in [6, 6.07) is 30.2. The van der Waals surface area contributed by atoms with Crippen molar-refractivity contribution in [1.29, 1.82) is 0 Å². The molecule has 0 saturated carbocycles. The lowest BCUT2D eigenvalue weighted by Gasteiger charge is -2.31. The molecule has 6 atom stereocenters. The molecule has 0 aliphatic rings. The Morgan fingerprint density at radius 1 is 0.290 bits per heavy atom. The zero-order valence-electron chi connectivity index (χ0n) is 43.2. The Balaban J connectivity index is 1.63. The summed E-state index contributed by atoms with van der Waals surface area (Å²) in [6.45, 7) is 27.0. The largest absolute Gasteiger partial charge is 0.279 e. The van der Waals surface area contributed by atoms with Crippen LogP contribution >= 0.6 is 0 Å². The Bertz CT molecular complexity index is 2300. The van der Waals surface area contributed by atoms with Gasteiger partial charge in [-0.25, -0.2) is 34.9 Å². The molecule has 0 spiro atoms. The SMILES string of the molecule is CCC(C)c1ccnc(N(c2cc(N(c3cc(C(C)CC)ccn3)c3cc(C(C)CC)ccn3)nc(N(c3cc(C(C)CC)ccn3)c3cc(C(C)CC)ccn3)c2)c2cc(C(C)CC)ccn2)c1. The van der Waals surface area contributed by atoms with E-state index in [1.54, 1.807) is 0 Å². The van der Waals surface area contributed by atoms with Gasteiger partial charge in [0.15, 0.2) is 0 Å². The second-order valence-electron chi connectivity index (χ2n) is 19.1. The second kappa shape index (κ2) is 23.2. The summed E-state index contributed by atoms with van der Waals surface area (Å²) in [5.41, 5.74) is 7.99. The minimum absolute atomic E-state index is 0.314. The van der Waals surface area contributed by atoms with Gasteiger partial charge < -0.3 is 0 Å². The number of hydrogen-bond donors (Lipinski definition) is 0. The average molecular weight is 923 g/mol. The highest BCUT2D eigenvalue weighted by Gasteiger charge is 2.28. The van der Waals surface area contributed by atoms with Crippen LogP contribution in [0.3, 0.4) is 0 Å². The second-order valence-corrected chi connectivity index (χ2v) is 19.1. The van der Waals surface area contributed by atoms with Crippen LogP contribution in [0, 0.1) is 0 Å². The van der Waals surface area contributed by atoms with Crippen molar-refractivity contribution in [2.75, 3.05) is 14.7 Å². The predicted octanol–water partition coefficient (Wildman–Crippen LogP) is 16.9. The molecule has 0 saturated heterocycles. The van der Waals surface area contributed by atoms with E-state index in [-0.39, 0.29) is 0 Å². The number of pyridine rings is 7. The smallest absolute Gasteiger partial charge is 0.144 e. The molecule has 10 nitrogen and oxygen atoms in total. The first-order valence-corrected chi connectivity index (χ1v) is 25.6. The Kier molecular flexibility index (Phi) is 16.9. The molecule has 0 N–H and O–H groups in total. The van der Waals surface area contributed by atoms with Gasteiger partial charge in [0, 0.05) is 49.3 Å². The quantitative estimate of drug-likeness (QED) is 0.0693. The normalized spacial score (nSPS) is 14.1. The monoisotopic (exact) mass is 923 g/mol. The van der Waals surface area contributed by atoms with Crippen molar-refractivity contribution in [2.24, 2.45) is 0 Å². The van der Waals surface area contributed by atoms with Crippen LogP contribution in [0.25, 0.3) is 0 Å². The molecular weight excluding hydrogens is 849 g/mol. The fourth-order valence-corrected chi connectivity index (χ4v) is 8.52. The van der Waals surface area contributed by atoms with Crippen LogP contribution < -0.4 is 14.7 Å². The van der Waals surface area contributed by atoms with Crippen molar-refractivity contribution in [3.63, 3.8) is 0 Å². The molecule has 7 aromatic rings. The molecule has 0 aromatic carbocycles. The van der Waals surface area contributed by atoms with E-state index in [1.807, 2.05) is 37.2 Å². The van der Waals surface area contributed by atoms with Crippen LogP contribution in [0.4, 0.5) is 52.2 Å². The highest BCUT2D eigenvalue weighted by atomic mass is 15.3. The zero-order valence-corrected chi connectivity index (χ0v) is 43.2. The van der Waals surface area contributed by atoms with Gasteiger partial charge in [-0.15, -0.1) is 0 Å². The van der Waals surface area contributed by atoms with Crippen molar-refractivity contribution in [3.05, 3.63) is 155 Å². The van der Waals surface area contributed by atoms with E-state index in [4.69, 9.17) is 34.9 Å². The lowest BCUT2D eigenvalue weighted by atomic mass is 9.99. The summed E-state index contributed by atoms with van der Waals surface area (Å²) >= 11 is 0. The first-order chi connectivity index (χ1) is 33.4. The molecule has 10 heteroatoms. The summed E-state index contributed by atoms with van der Waals surface area (Å²) in [5, 5.41) is 0. The van der Waals surface area contributed by atoms with Crippen molar-refractivity contribution in [3.8, 4) is 0 Å². The van der Waals surface area contributed by atoms with E-state index < -0.39 is 0 Å². The maximum absolute atomic E-state index is 5.73. The van der Waals surface area contributed by atoms with Gasteiger partial charge in [-0.1, -0.05) is 83.1 Å². The van der Waals surface area contributed by atoms with Gasteiger partial charge in [-0.2, -0.15) is 0 Å². The molecule has 0 amide bonds. The van der Waals surface area contributed by atoms with E-state index in [2.05, 4.69) is 183 Å². The molecule has 0 radical (unpaired) electrons. The molecule has 0 aliphatic carbocycles. The fraction of sp³-hybridized carbons (Fsp3) is 0.407. The average Bonchev–Trinajstić information content (AvgIpc) is 3.40. The standard InChI is InChI=1S/C59H74N10/c1-13-39(7)45-19-25-60-52(31-45)67(53-32-46(20-26-61-53)40(8)14-2)51-37-58(68(54-33-47(21-27-62-54)41(9)15-3)55-34-48(22-28-63-55)42(10)16-4)66-59(38-51)69(56-35-49(23-29-64-56)43(11)17-5)57-36-50(24-30-65-57)44(12)18-6/h19-44H,13-18H2,1-12H3. The molecule has 360 valence electrons. The Hall–Kier alpha value is -6.55. The molecular formula is C59H74N10. The Morgan fingerprint density at radius 3 is 0.696 bits per heavy atom. The van der Waals surface area contributed by atoms with E-state index in [0.717, 1.165) is 79.1 Å². The summed E-state index contributed by atoms with van der Waals surface area (Å²) in [4.78, 5) is 42.9. The fourth-order valence-electron chi connectivity index (χ4n) is 8.52. The number of aromatic nitrogens is 7. The van der Waals surface area contributed by atoms with Crippen molar-refractivity contribution < 1.29 is 0 Å². The summed E-state index contributed by atoms with van der Waals surface area (Å²) in [5.74, 6) is 7.53. The number of nitrogens with zero attached hydrogens (tertiary/aromatic N) is 10. The van der Waals surface area contributed by atoms with E-state index >= 15 is 0 Å². The molecule has 7 heterocycles. The minimum Gasteiger partial charge on any atom is -0.279 e. The minimum atomic E-state index is 0.314. The van der Waals surface area contributed by atoms with Crippen LogP contribution in [0.2, 0.25) is 0 Å². The van der Waals surface area contributed by atoms with Crippen LogP contribution in [0.5, 0.6) is 0 Å². The number of hydrogen-bond acceptors (Lipinski definition) is 10. The maximum atomic E-state index is 5.73. The number of rotatable bonds is 21. The van der Waals surface area contributed by atoms with Gasteiger partial charge in [0.25, 0.3) is 0 Å². The molecule has 0 aliphatic heterocycles. The summed E-state index contributed by atoms with van der Waals surface area (Å²) in [6.07, 6.45) is 17.4. The Labute approximate surface area is 412 Å². The first kappa shape index (κ1) is 50.3. The van der Waals surface area contributed by atoms with Gasteiger partial charge >= 0.3 is 0 Å². The summed E-state index contributed by atoms with van der Waals surface area (Å²) < 4.78 is 0. The topological polar surface area (TPSA) is 100.0 Å². The van der Waals surface area contributed by atoms with Gasteiger partial charge in [-0.3, -0.25) is 14.7 Å². The van der Waals surface area contributed by atoms with Crippen LogP contribution in [0.15, 0.2) is 122 Å². The molecule has 69 heavy (non-hydrogen) atoms. The molecule has 0 bridgehead atoms. The third-order valence-corrected chi connectivity index (χ3v) is 14.6. The van der Waals surface area contributed by atoms with Gasteiger partial charge in [0.1, 0.15) is 46.5 Å². The lowest BCUT2D eigenvalue weighted by molar-refractivity contribution is 0.730. The van der Waals surface area contributed by atoms with E-state index in [1.165, 1.54) is 33.4 Å². The third kappa shape index (κ3) is 11.5. The molecule has 7 aromatic heterocycles. The third-order valence-electron chi connectivity index (χ3n) is 14.6. The van der Waals surface area contributed by atoms with E-state index in [9.17, 15) is 0 Å². The van der Waals surface area contributed by atoms with Crippen molar-refractivity contribution >= 4 is 52.2 Å². The van der Waals surface area contributed by atoms with Crippen LogP contribution in [0.1, 0.15) is 190 Å².